The van der Waals surface area contributed by atoms with Gasteiger partial charge in [-0.15, -0.1) is 0 Å². The van der Waals surface area contributed by atoms with Crippen molar-refractivity contribution in [2.24, 2.45) is 8.14 Å². The molecule has 3 nitrogen and oxygen atoms in total. The number of aliphatic hydroxyl groups excluding tert-OH is 1. The Morgan fingerprint density at radius 3 is 3.00 bits per heavy atom. The van der Waals surface area contributed by atoms with Crippen molar-refractivity contribution in [1.82, 2.24) is 0 Å². The standard InChI is InChI=1S/C5H7IN2O/c1-2-4-5(9)6-8-3-7-4/h3,9H,2H2,1H3. The van der Waals surface area contributed by atoms with Gasteiger partial charge in [-0.25, -0.2) is 8.14 Å². The fourth-order valence-corrected chi connectivity index (χ4v) is 1.81. The second-order valence-corrected chi connectivity index (χ2v) is 3.58. The predicted molar refractivity (Wildman–Crippen MR) is 44.9 cm³/mol. The Morgan fingerprint density at radius 2 is 2.56 bits per heavy atom. The van der Waals surface area contributed by atoms with E-state index in [1.54, 1.807) is 0 Å². The summed E-state index contributed by atoms with van der Waals surface area (Å²) in [5, 5.41) is 9.09. The fourth-order valence-electron chi connectivity index (χ4n) is 0.499. The third kappa shape index (κ3) is 1.57. The van der Waals surface area contributed by atoms with E-state index in [1.807, 2.05) is 6.92 Å². The molecule has 0 amide bonds. The zero-order chi connectivity index (χ0) is 6.69. The Morgan fingerprint density at radius 1 is 1.78 bits per heavy atom. The molecule has 0 fully saturated rings. The average molecular weight is 238 g/mol. The maximum absolute atomic E-state index is 9.09. The van der Waals surface area contributed by atoms with Gasteiger partial charge in [0.25, 0.3) is 0 Å². The van der Waals surface area contributed by atoms with Crippen molar-refractivity contribution in [3.8, 4) is 0 Å². The normalized spacial score (nSPS) is 17.9. The minimum atomic E-state index is -0.484. The first-order chi connectivity index (χ1) is 4.34. The highest BCUT2D eigenvalue weighted by atomic mass is 127. The second kappa shape index (κ2) is 3.05. The highest BCUT2D eigenvalue weighted by Gasteiger charge is 2.01. The molecule has 0 atom stereocenters. The van der Waals surface area contributed by atoms with E-state index in [2.05, 4.69) is 8.14 Å². The lowest BCUT2D eigenvalue weighted by Gasteiger charge is -1.99. The van der Waals surface area contributed by atoms with E-state index < -0.39 is 21.0 Å². The van der Waals surface area contributed by atoms with Gasteiger partial charge in [-0.3, -0.25) is 0 Å². The van der Waals surface area contributed by atoms with Gasteiger partial charge >= 0.3 is 0 Å². The zero-order valence-electron chi connectivity index (χ0n) is 5.00. The van der Waals surface area contributed by atoms with Crippen LogP contribution in [-0.4, -0.2) is 11.4 Å². The van der Waals surface area contributed by atoms with Gasteiger partial charge in [-0.1, -0.05) is 6.92 Å². The third-order valence-electron chi connectivity index (χ3n) is 0.959. The Labute approximate surface area is 63.7 Å². The number of rotatable bonds is 1. The molecule has 9 heavy (non-hydrogen) atoms. The lowest BCUT2D eigenvalue weighted by Crippen LogP contribution is -1.83. The van der Waals surface area contributed by atoms with Crippen LogP contribution in [-0.2, 0) is 0 Å². The number of allylic oxidation sites excluding steroid dienone is 1. The Balaban J connectivity index is 2.88. The summed E-state index contributed by atoms with van der Waals surface area (Å²) in [4.78, 5) is 3.89. The molecule has 0 saturated carbocycles. The van der Waals surface area contributed by atoms with Gasteiger partial charge in [-0.2, -0.15) is 0 Å². The molecule has 1 rings (SSSR count). The molecule has 0 aromatic carbocycles. The summed E-state index contributed by atoms with van der Waals surface area (Å²) in [5.74, 6) is 0. The highest BCUT2D eigenvalue weighted by molar-refractivity contribution is 14.2. The molecule has 1 N–H and O–H groups in total. The van der Waals surface area contributed by atoms with Gasteiger partial charge < -0.3 is 5.11 Å². The van der Waals surface area contributed by atoms with Gasteiger partial charge in [-0.05, 0) is 6.42 Å². The number of hydrogen-bond acceptors (Lipinski definition) is 3. The molecule has 0 spiro atoms. The van der Waals surface area contributed by atoms with Crippen LogP contribution in [0.4, 0.5) is 0 Å². The summed E-state index contributed by atoms with van der Waals surface area (Å²) in [6.07, 6.45) is 2.34. The Kier molecular flexibility index (Phi) is 2.32. The van der Waals surface area contributed by atoms with Crippen molar-refractivity contribution in [3.63, 3.8) is 0 Å². The van der Waals surface area contributed by atoms with E-state index in [1.165, 1.54) is 6.34 Å². The Bertz CT molecular complexity index is 195. The summed E-state index contributed by atoms with van der Waals surface area (Å²) in [6.45, 7) is 1.97. The topological polar surface area (TPSA) is 45.0 Å². The van der Waals surface area contributed by atoms with Crippen molar-refractivity contribution in [2.75, 3.05) is 0 Å². The Hall–Kier alpha value is -0.260. The van der Waals surface area contributed by atoms with E-state index in [0.717, 1.165) is 12.1 Å². The van der Waals surface area contributed by atoms with Crippen LogP contribution in [0, 0.1) is 0 Å². The van der Waals surface area contributed by atoms with Gasteiger partial charge in [0, 0.05) is 0 Å². The number of aliphatic hydroxyl groups is 1. The smallest absolute Gasteiger partial charge is 0.188 e. The van der Waals surface area contributed by atoms with Crippen LogP contribution in [0.15, 0.2) is 17.6 Å². The van der Waals surface area contributed by atoms with E-state index in [0.29, 0.717) is 3.77 Å². The largest absolute Gasteiger partial charge is 0.500 e. The lowest BCUT2D eigenvalue weighted by molar-refractivity contribution is 0.455. The van der Waals surface area contributed by atoms with Crippen molar-refractivity contribution in [2.45, 2.75) is 13.3 Å². The summed E-state index contributed by atoms with van der Waals surface area (Å²) in [6, 6.07) is 0. The maximum Gasteiger partial charge on any atom is 0.188 e. The van der Waals surface area contributed by atoms with Crippen LogP contribution in [0.5, 0.6) is 0 Å². The third-order valence-corrected chi connectivity index (χ3v) is 2.57. The first kappa shape index (κ1) is 6.85. The molecular weight excluding hydrogens is 231 g/mol. The van der Waals surface area contributed by atoms with Gasteiger partial charge in [0.15, 0.2) is 3.77 Å². The van der Waals surface area contributed by atoms with Crippen LogP contribution >= 0.6 is 21.0 Å². The highest BCUT2D eigenvalue weighted by Crippen LogP contribution is 2.22. The van der Waals surface area contributed by atoms with Crippen LogP contribution in [0.2, 0.25) is 0 Å². The minimum Gasteiger partial charge on any atom is -0.500 e. The zero-order valence-corrected chi connectivity index (χ0v) is 7.16. The summed E-state index contributed by atoms with van der Waals surface area (Å²) in [5.41, 5.74) is 0.804. The van der Waals surface area contributed by atoms with E-state index in [9.17, 15) is 0 Å². The van der Waals surface area contributed by atoms with Gasteiger partial charge in [0.05, 0.1) is 26.7 Å². The number of aliphatic imine (C=N–C) groups is 1. The van der Waals surface area contributed by atoms with Crippen molar-refractivity contribution in [1.29, 1.82) is 0 Å². The first-order valence-corrected chi connectivity index (χ1v) is 4.68. The van der Waals surface area contributed by atoms with Crippen LogP contribution in [0.25, 0.3) is 0 Å². The molecule has 0 bridgehead atoms. The molecule has 0 radical (unpaired) electrons. The quantitative estimate of drug-likeness (QED) is 0.700. The van der Waals surface area contributed by atoms with Crippen LogP contribution < -0.4 is 0 Å². The van der Waals surface area contributed by atoms with Gasteiger partial charge in [0.2, 0.25) is 0 Å². The summed E-state index contributed by atoms with van der Waals surface area (Å²) in [7, 11) is 0. The number of hydrogen-bond donors (Lipinski definition) is 1. The molecule has 0 aliphatic carbocycles. The predicted octanol–water partition coefficient (Wildman–Crippen LogP) is 2.32. The number of halogens is 1. The maximum atomic E-state index is 9.09. The molecule has 1 aliphatic rings. The molecule has 0 aromatic rings. The van der Waals surface area contributed by atoms with Crippen molar-refractivity contribution < 1.29 is 5.11 Å². The molecule has 1 heterocycles. The molecule has 0 unspecified atom stereocenters. The van der Waals surface area contributed by atoms with Crippen molar-refractivity contribution in [3.05, 3.63) is 9.46 Å². The fraction of sp³-hybridized carbons (Fsp3) is 0.400. The van der Waals surface area contributed by atoms with E-state index >= 15 is 0 Å². The average Bonchev–Trinajstić information content (AvgIpc) is 1.89. The number of nitrogens with zero attached hydrogens (tertiary/aromatic N) is 2. The molecule has 0 aromatic heterocycles. The summed E-state index contributed by atoms with van der Waals surface area (Å²) >= 11 is -0.484. The molecule has 4 heteroatoms. The van der Waals surface area contributed by atoms with E-state index in [-0.39, 0.29) is 0 Å². The van der Waals surface area contributed by atoms with E-state index in [4.69, 9.17) is 5.11 Å². The van der Waals surface area contributed by atoms with Crippen LogP contribution in [0.3, 0.4) is 0 Å². The molecule has 50 valence electrons. The lowest BCUT2D eigenvalue weighted by atomic mass is 10.4. The molecule has 1 aliphatic heterocycles. The monoisotopic (exact) mass is 238 g/mol. The first-order valence-electron chi connectivity index (χ1n) is 2.63. The SMILES string of the molecule is CCC1=C(O)I=NC=N1. The summed E-state index contributed by atoms with van der Waals surface area (Å²) < 4.78 is 4.28. The minimum absolute atomic E-state index is 0.416. The molecular formula is C5H7IN2O. The van der Waals surface area contributed by atoms with Crippen molar-refractivity contribution >= 4 is 27.4 Å². The molecule has 0 saturated heterocycles. The van der Waals surface area contributed by atoms with Crippen LogP contribution in [0.1, 0.15) is 13.3 Å². The van der Waals surface area contributed by atoms with Gasteiger partial charge in [0.1, 0.15) is 6.34 Å². The second-order valence-electron chi connectivity index (χ2n) is 1.52.